The van der Waals surface area contributed by atoms with Gasteiger partial charge in [-0.2, -0.15) is 10.2 Å². The normalized spacial score (nSPS) is 11.8. The van der Waals surface area contributed by atoms with E-state index in [1.807, 2.05) is 30.3 Å². The number of carbonyl (C=O) groups is 1. The number of amides is 1. The van der Waals surface area contributed by atoms with Gasteiger partial charge in [0.05, 0.1) is 18.0 Å². The van der Waals surface area contributed by atoms with E-state index in [9.17, 15) is 4.79 Å². The highest BCUT2D eigenvalue weighted by Crippen LogP contribution is 2.08. The predicted molar refractivity (Wildman–Crippen MR) is 67.7 cm³/mol. The molecule has 92 valence electrons. The summed E-state index contributed by atoms with van der Waals surface area (Å²) in [4.78, 5) is 11.7. The van der Waals surface area contributed by atoms with E-state index in [4.69, 9.17) is 5.73 Å². The summed E-state index contributed by atoms with van der Waals surface area (Å²) in [6.45, 7) is 0.380. The highest BCUT2D eigenvalue weighted by atomic mass is 16.1. The molecule has 1 unspecified atom stereocenters. The molecular weight excluding hydrogens is 228 g/mol. The Labute approximate surface area is 105 Å². The first-order chi connectivity index (χ1) is 8.77. The average Bonchev–Trinajstić information content (AvgIpc) is 2.46. The zero-order chi connectivity index (χ0) is 12.8. The Hall–Kier alpha value is -2.27. The molecule has 0 aliphatic heterocycles. The number of nitrogens with two attached hydrogens (primary N) is 1. The molecule has 2 rings (SSSR count). The van der Waals surface area contributed by atoms with Crippen molar-refractivity contribution < 1.29 is 4.79 Å². The molecule has 5 heteroatoms. The Morgan fingerprint density at radius 1 is 1.22 bits per heavy atom. The average molecular weight is 242 g/mol. The number of rotatable bonds is 4. The maximum atomic E-state index is 11.7. The fourth-order valence-corrected chi connectivity index (χ4v) is 1.55. The van der Waals surface area contributed by atoms with Crippen LogP contribution in [-0.2, 0) is 0 Å². The van der Waals surface area contributed by atoms with Crippen molar-refractivity contribution in [3.8, 4) is 0 Å². The van der Waals surface area contributed by atoms with Gasteiger partial charge in [0, 0.05) is 12.6 Å². The SMILES string of the molecule is NC(CNC(=O)c1ccnnc1)c1ccccc1. The second kappa shape index (κ2) is 5.88. The third-order valence-electron chi connectivity index (χ3n) is 2.56. The molecule has 3 N–H and O–H groups in total. The molecule has 1 heterocycles. The third-order valence-corrected chi connectivity index (χ3v) is 2.56. The molecule has 18 heavy (non-hydrogen) atoms. The Morgan fingerprint density at radius 2 is 2.00 bits per heavy atom. The second-order valence-electron chi connectivity index (χ2n) is 3.86. The first-order valence-corrected chi connectivity index (χ1v) is 5.63. The number of carbonyl (C=O) groups excluding carboxylic acids is 1. The monoisotopic (exact) mass is 242 g/mol. The quantitative estimate of drug-likeness (QED) is 0.835. The summed E-state index contributed by atoms with van der Waals surface area (Å²) >= 11 is 0. The van der Waals surface area contributed by atoms with Crippen LogP contribution in [0.2, 0.25) is 0 Å². The largest absolute Gasteiger partial charge is 0.350 e. The van der Waals surface area contributed by atoms with E-state index < -0.39 is 0 Å². The summed E-state index contributed by atoms with van der Waals surface area (Å²) in [6.07, 6.45) is 2.90. The molecule has 0 spiro atoms. The summed E-state index contributed by atoms with van der Waals surface area (Å²) in [5, 5.41) is 10.0. The summed E-state index contributed by atoms with van der Waals surface area (Å²) in [5.74, 6) is -0.198. The minimum Gasteiger partial charge on any atom is -0.350 e. The molecule has 5 nitrogen and oxygen atoms in total. The van der Waals surface area contributed by atoms with Crippen molar-refractivity contribution in [2.45, 2.75) is 6.04 Å². The van der Waals surface area contributed by atoms with E-state index in [-0.39, 0.29) is 11.9 Å². The van der Waals surface area contributed by atoms with Crippen LogP contribution in [0.3, 0.4) is 0 Å². The highest BCUT2D eigenvalue weighted by Gasteiger charge is 2.09. The van der Waals surface area contributed by atoms with E-state index in [1.54, 1.807) is 6.07 Å². The number of hydrogen-bond donors (Lipinski definition) is 2. The molecule has 1 aromatic carbocycles. The minimum atomic E-state index is -0.218. The molecule has 0 aliphatic carbocycles. The Balaban J connectivity index is 1.91. The number of nitrogens with zero attached hydrogens (tertiary/aromatic N) is 2. The minimum absolute atomic E-state index is 0.198. The van der Waals surface area contributed by atoms with Crippen LogP contribution in [0.4, 0.5) is 0 Å². The number of benzene rings is 1. The topological polar surface area (TPSA) is 80.9 Å². The lowest BCUT2D eigenvalue weighted by atomic mass is 10.1. The lowest BCUT2D eigenvalue weighted by molar-refractivity contribution is 0.0950. The van der Waals surface area contributed by atoms with Crippen molar-refractivity contribution >= 4 is 5.91 Å². The summed E-state index contributed by atoms with van der Waals surface area (Å²) in [5.41, 5.74) is 7.45. The molecule has 1 amide bonds. The first-order valence-electron chi connectivity index (χ1n) is 5.63. The van der Waals surface area contributed by atoms with Crippen LogP contribution in [0.1, 0.15) is 22.0 Å². The van der Waals surface area contributed by atoms with Crippen LogP contribution < -0.4 is 11.1 Å². The van der Waals surface area contributed by atoms with Crippen molar-refractivity contribution in [1.82, 2.24) is 15.5 Å². The maximum absolute atomic E-state index is 11.7. The summed E-state index contributed by atoms with van der Waals surface area (Å²) < 4.78 is 0. The van der Waals surface area contributed by atoms with Gasteiger partial charge in [-0.15, -0.1) is 0 Å². The molecule has 0 saturated carbocycles. The van der Waals surface area contributed by atoms with Gasteiger partial charge in [0.2, 0.25) is 0 Å². The van der Waals surface area contributed by atoms with Gasteiger partial charge in [-0.3, -0.25) is 4.79 Å². The van der Waals surface area contributed by atoms with E-state index in [1.165, 1.54) is 12.4 Å². The Morgan fingerprint density at radius 3 is 2.67 bits per heavy atom. The van der Waals surface area contributed by atoms with Gasteiger partial charge in [-0.05, 0) is 11.6 Å². The lowest BCUT2D eigenvalue weighted by Crippen LogP contribution is -2.31. The summed E-state index contributed by atoms with van der Waals surface area (Å²) in [6, 6.07) is 11.0. The van der Waals surface area contributed by atoms with Crippen molar-refractivity contribution in [3.63, 3.8) is 0 Å². The fraction of sp³-hybridized carbons (Fsp3) is 0.154. The van der Waals surface area contributed by atoms with Gasteiger partial charge in [0.25, 0.3) is 5.91 Å². The lowest BCUT2D eigenvalue weighted by Gasteiger charge is -2.12. The van der Waals surface area contributed by atoms with Gasteiger partial charge in [0.15, 0.2) is 0 Å². The van der Waals surface area contributed by atoms with Crippen molar-refractivity contribution in [2.75, 3.05) is 6.54 Å². The van der Waals surface area contributed by atoms with Crippen molar-refractivity contribution in [1.29, 1.82) is 0 Å². The second-order valence-corrected chi connectivity index (χ2v) is 3.86. The van der Waals surface area contributed by atoms with Crippen molar-refractivity contribution in [3.05, 3.63) is 59.9 Å². The van der Waals surface area contributed by atoms with Gasteiger partial charge in [-0.1, -0.05) is 30.3 Å². The van der Waals surface area contributed by atoms with Crippen LogP contribution >= 0.6 is 0 Å². The van der Waals surface area contributed by atoms with Gasteiger partial charge in [-0.25, -0.2) is 0 Å². The van der Waals surface area contributed by atoms with Crippen molar-refractivity contribution in [2.24, 2.45) is 5.73 Å². The summed E-state index contributed by atoms with van der Waals surface area (Å²) in [7, 11) is 0. The third kappa shape index (κ3) is 3.11. The number of hydrogen-bond acceptors (Lipinski definition) is 4. The maximum Gasteiger partial charge on any atom is 0.253 e. The first kappa shape index (κ1) is 12.2. The molecule has 0 bridgehead atoms. The molecule has 1 aromatic heterocycles. The van der Waals surface area contributed by atoms with Crippen LogP contribution in [0.5, 0.6) is 0 Å². The fourth-order valence-electron chi connectivity index (χ4n) is 1.55. The van der Waals surface area contributed by atoms with Crippen LogP contribution in [-0.4, -0.2) is 22.6 Å². The molecule has 0 saturated heterocycles. The van der Waals surface area contributed by atoms with Crippen LogP contribution in [0.25, 0.3) is 0 Å². The van der Waals surface area contributed by atoms with E-state index in [0.717, 1.165) is 5.56 Å². The zero-order valence-electron chi connectivity index (χ0n) is 9.78. The molecule has 2 aromatic rings. The molecule has 0 fully saturated rings. The van der Waals surface area contributed by atoms with E-state index in [0.29, 0.717) is 12.1 Å². The Kier molecular flexibility index (Phi) is 3.98. The van der Waals surface area contributed by atoms with E-state index in [2.05, 4.69) is 15.5 Å². The predicted octanol–water partition coefficient (Wildman–Crippen LogP) is 0.906. The van der Waals surface area contributed by atoms with Gasteiger partial charge >= 0.3 is 0 Å². The zero-order valence-corrected chi connectivity index (χ0v) is 9.78. The molecule has 0 radical (unpaired) electrons. The Bertz CT molecular complexity index is 501. The van der Waals surface area contributed by atoms with Crippen LogP contribution in [0, 0.1) is 0 Å². The van der Waals surface area contributed by atoms with Gasteiger partial charge < -0.3 is 11.1 Å². The molecule has 0 aliphatic rings. The standard InChI is InChI=1S/C13H14N4O/c14-12(10-4-2-1-3-5-10)9-15-13(18)11-6-7-16-17-8-11/h1-8,12H,9,14H2,(H,15,18). The number of nitrogens with one attached hydrogen (secondary N) is 1. The molecule has 1 atom stereocenters. The van der Waals surface area contributed by atoms with Crippen LogP contribution in [0.15, 0.2) is 48.8 Å². The molecular formula is C13H14N4O. The smallest absolute Gasteiger partial charge is 0.253 e. The number of aromatic nitrogens is 2. The highest BCUT2D eigenvalue weighted by molar-refractivity contribution is 5.93. The van der Waals surface area contributed by atoms with E-state index >= 15 is 0 Å². The van der Waals surface area contributed by atoms with Gasteiger partial charge in [0.1, 0.15) is 0 Å².